The fourth-order valence-electron chi connectivity index (χ4n) is 3.82. The molecule has 4 heterocycles. The average Bonchev–Trinajstić information content (AvgIpc) is 3.26. The summed E-state index contributed by atoms with van der Waals surface area (Å²) in [6, 6.07) is 3.04. The van der Waals surface area contributed by atoms with Crippen LogP contribution in [0.3, 0.4) is 0 Å². The Kier molecular flexibility index (Phi) is 7.38. The standard InChI is InChI=1S/C19H19N5O7S2.Na/c1-19(9-31-18(28)22-7-11-8-32-17(20)23-11)13(16(26)27)24-14(25)12(15(24)33(19,29)30)6-10-4-2-3-5-21-10;/h2-6,8,13,15H,7,9H2,1H3,(H2,20,23)(H,22,28)(H,26,27);/q;+1/p-1/b12-6-;/t13-,15+,19-;/m0./s1. The number of fused-ring (bicyclic) bond motifs is 1. The molecule has 15 heteroatoms. The van der Waals surface area contributed by atoms with Gasteiger partial charge in [0, 0.05) is 11.6 Å². The minimum absolute atomic E-state index is 0. The van der Waals surface area contributed by atoms with Crippen molar-refractivity contribution < 1.29 is 62.2 Å². The SMILES string of the molecule is C[C@]1(COC(=O)NCc2csc(N)n2)[C@H](C(=O)[O-])N2C(=O)/C(=C/c3ccccn3)[C@H]2S1(=O)=O.[Na+]. The summed E-state index contributed by atoms with van der Waals surface area (Å²) in [6.45, 7) is 0.279. The zero-order valence-electron chi connectivity index (χ0n) is 18.1. The Morgan fingerprint density at radius 2 is 2.15 bits per heavy atom. The van der Waals surface area contributed by atoms with Crippen molar-refractivity contribution in [2.45, 2.75) is 29.6 Å². The molecule has 34 heavy (non-hydrogen) atoms. The molecular formula is C19H18N5NaO7S2. The van der Waals surface area contributed by atoms with E-state index in [1.54, 1.807) is 23.6 Å². The monoisotopic (exact) mass is 515 g/mol. The normalized spacial score (nSPS) is 25.7. The number of nitrogens with two attached hydrogens (primary N) is 1. The van der Waals surface area contributed by atoms with Crippen LogP contribution in [0.1, 0.15) is 18.3 Å². The number of nitrogens with zero attached hydrogens (tertiary/aromatic N) is 3. The Morgan fingerprint density at radius 1 is 1.41 bits per heavy atom. The van der Waals surface area contributed by atoms with Crippen molar-refractivity contribution in [2.24, 2.45) is 0 Å². The summed E-state index contributed by atoms with van der Waals surface area (Å²) >= 11 is 1.18. The molecular weight excluding hydrogens is 497 g/mol. The molecule has 174 valence electrons. The number of anilines is 1. The third-order valence-electron chi connectivity index (χ3n) is 5.49. The van der Waals surface area contributed by atoms with Gasteiger partial charge in [-0.3, -0.25) is 9.78 Å². The molecule has 0 unspecified atom stereocenters. The van der Waals surface area contributed by atoms with E-state index in [9.17, 15) is 27.9 Å². The molecule has 0 aliphatic carbocycles. The Labute approximate surface area is 220 Å². The van der Waals surface area contributed by atoms with Crippen molar-refractivity contribution in [3.63, 3.8) is 0 Å². The number of carboxylic acids is 1. The topological polar surface area (TPSA) is 185 Å². The minimum atomic E-state index is -4.33. The van der Waals surface area contributed by atoms with Gasteiger partial charge in [0.05, 0.1) is 35.5 Å². The van der Waals surface area contributed by atoms with Crippen LogP contribution >= 0.6 is 11.3 Å². The first kappa shape index (κ1) is 26.1. The summed E-state index contributed by atoms with van der Waals surface area (Å²) in [5.74, 6) is -2.53. The number of carbonyl (C=O) groups is 3. The van der Waals surface area contributed by atoms with Gasteiger partial charge in [-0.25, -0.2) is 18.2 Å². The van der Waals surface area contributed by atoms with Crippen molar-refractivity contribution in [3.8, 4) is 0 Å². The maximum atomic E-state index is 13.4. The third kappa shape index (κ3) is 4.31. The Bertz CT molecular complexity index is 1270. The van der Waals surface area contributed by atoms with Crippen molar-refractivity contribution in [1.29, 1.82) is 0 Å². The van der Waals surface area contributed by atoms with E-state index in [0.29, 0.717) is 16.5 Å². The predicted molar refractivity (Wildman–Crippen MR) is 114 cm³/mol. The molecule has 2 amide bonds. The van der Waals surface area contributed by atoms with E-state index in [-0.39, 0.29) is 41.7 Å². The molecule has 3 atom stereocenters. The van der Waals surface area contributed by atoms with Crippen molar-refractivity contribution in [1.82, 2.24) is 20.2 Å². The molecule has 0 radical (unpaired) electrons. The summed E-state index contributed by atoms with van der Waals surface area (Å²) in [4.78, 5) is 45.4. The number of nitrogens with one attached hydrogen (secondary N) is 1. The van der Waals surface area contributed by atoms with Gasteiger partial charge in [-0.2, -0.15) is 0 Å². The summed E-state index contributed by atoms with van der Waals surface area (Å²) in [6.07, 6.45) is 1.78. The van der Waals surface area contributed by atoms with Crippen LogP contribution in [-0.4, -0.2) is 64.0 Å². The molecule has 3 N–H and O–H groups in total. The number of nitrogen functional groups attached to an aromatic ring is 1. The minimum Gasteiger partial charge on any atom is -0.548 e. The summed E-state index contributed by atoms with van der Waals surface area (Å²) in [7, 11) is -4.33. The first-order valence-electron chi connectivity index (χ1n) is 9.56. The van der Waals surface area contributed by atoms with Crippen LogP contribution in [0.4, 0.5) is 9.93 Å². The zero-order valence-corrected chi connectivity index (χ0v) is 21.8. The fourth-order valence-corrected chi connectivity index (χ4v) is 6.66. The number of rotatable bonds is 6. The fraction of sp³-hybridized carbons (Fsp3) is 0.316. The second-order valence-corrected chi connectivity index (χ2v) is 11.0. The first-order chi connectivity index (χ1) is 15.6. The molecule has 0 aromatic carbocycles. The van der Waals surface area contributed by atoms with Gasteiger partial charge in [-0.1, -0.05) is 6.07 Å². The van der Waals surface area contributed by atoms with Gasteiger partial charge in [-0.05, 0) is 25.1 Å². The van der Waals surface area contributed by atoms with Crippen molar-refractivity contribution >= 4 is 50.4 Å². The number of carboxylic acid groups (broad SMARTS) is 1. The average molecular weight is 516 g/mol. The number of alkyl carbamates (subject to hydrolysis) is 1. The number of β-lactam (4-membered cyclic amide) rings is 1. The van der Waals surface area contributed by atoms with E-state index in [1.807, 2.05) is 0 Å². The van der Waals surface area contributed by atoms with Gasteiger partial charge in [0.15, 0.2) is 20.3 Å². The van der Waals surface area contributed by atoms with Crippen LogP contribution < -0.4 is 45.7 Å². The van der Waals surface area contributed by atoms with Gasteiger partial charge in [0.1, 0.15) is 11.4 Å². The molecule has 0 spiro atoms. The van der Waals surface area contributed by atoms with Gasteiger partial charge in [-0.15, -0.1) is 11.3 Å². The van der Waals surface area contributed by atoms with E-state index < -0.39 is 50.6 Å². The molecule has 4 rings (SSSR count). The summed E-state index contributed by atoms with van der Waals surface area (Å²) in [5.41, 5.74) is 6.21. The number of pyridine rings is 1. The number of thiazole rings is 1. The number of carbonyl (C=O) groups excluding carboxylic acids is 3. The Balaban J connectivity index is 0.00000324. The number of aliphatic carboxylic acids is 1. The van der Waals surface area contributed by atoms with E-state index in [0.717, 1.165) is 11.8 Å². The molecule has 2 aromatic rings. The molecule has 2 fully saturated rings. The number of aromatic nitrogens is 2. The zero-order chi connectivity index (χ0) is 24.0. The van der Waals surface area contributed by atoms with Crippen LogP contribution in [0.25, 0.3) is 6.08 Å². The third-order valence-corrected chi connectivity index (χ3v) is 8.92. The molecule has 0 saturated carbocycles. The predicted octanol–water partition coefficient (Wildman–Crippen LogP) is -4.09. The first-order valence-corrected chi connectivity index (χ1v) is 12.0. The summed E-state index contributed by atoms with van der Waals surface area (Å²) < 4.78 is 29.6. The van der Waals surface area contributed by atoms with Gasteiger partial charge in [0.2, 0.25) is 0 Å². The van der Waals surface area contributed by atoms with E-state index >= 15 is 0 Å². The van der Waals surface area contributed by atoms with Gasteiger partial charge < -0.3 is 30.6 Å². The van der Waals surface area contributed by atoms with Crippen LogP contribution in [-0.2, 0) is 30.7 Å². The van der Waals surface area contributed by atoms with Crippen molar-refractivity contribution in [3.05, 3.63) is 46.7 Å². The molecule has 12 nitrogen and oxygen atoms in total. The molecule has 2 aliphatic rings. The van der Waals surface area contributed by atoms with Crippen LogP contribution in [0.5, 0.6) is 0 Å². The van der Waals surface area contributed by atoms with Crippen molar-refractivity contribution in [2.75, 3.05) is 12.3 Å². The number of sulfone groups is 1. The van der Waals surface area contributed by atoms with E-state index in [4.69, 9.17) is 10.5 Å². The molecule has 2 aliphatic heterocycles. The number of hydrogen-bond acceptors (Lipinski definition) is 11. The Hall–Kier alpha value is -2.52. The van der Waals surface area contributed by atoms with E-state index in [2.05, 4.69) is 15.3 Å². The van der Waals surface area contributed by atoms with Crippen LogP contribution in [0, 0.1) is 0 Å². The Morgan fingerprint density at radius 3 is 2.74 bits per heavy atom. The van der Waals surface area contributed by atoms with E-state index in [1.165, 1.54) is 23.6 Å². The van der Waals surface area contributed by atoms with Crippen LogP contribution in [0.15, 0.2) is 35.3 Å². The molecule has 2 saturated heterocycles. The maximum Gasteiger partial charge on any atom is 1.00 e. The van der Waals surface area contributed by atoms with Gasteiger partial charge >= 0.3 is 35.7 Å². The number of hydrogen-bond donors (Lipinski definition) is 2. The number of amides is 2. The second kappa shape index (κ2) is 9.62. The second-order valence-electron chi connectivity index (χ2n) is 7.61. The largest absolute Gasteiger partial charge is 1.00 e. The van der Waals surface area contributed by atoms with Gasteiger partial charge in [0.25, 0.3) is 5.91 Å². The number of ether oxygens (including phenoxy) is 1. The maximum absolute atomic E-state index is 13.4. The van der Waals surface area contributed by atoms with Crippen LogP contribution in [0.2, 0.25) is 0 Å². The quantitative estimate of drug-likeness (QED) is 0.218. The summed E-state index contributed by atoms with van der Waals surface area (Å²) in [5, 5.41) is 14.7. The molecule has 2 aromatic heterocycles. The smallest absolute Gasteiger partial charge is 0.548 e. The molecule has 0 bridgehead atoms.